The van der Waals surface area contributed by atoms with Crippen LogP contribution in [0.15, 0.2) is 66.2 Å². The number of nitrogens with zero attached hydrogens (tertiary/aromatic N) is 2. The van der Waals surface area contributed by atoms with E-state index in [9.17, 15) is 9.59 Å². The van der Waals surface area contributed by atoms with E-state index in [1.807, 2.05) is 48.6 Å². The van der Waals surface area contributed by atoms with E-state index in [2.05, 4.69) is 5.32 Å². The second-order valence-corrected chi connectivity index (χ2v) is 4.81. The third-order valence-electron chi connectivity index (χ3n) is 3.41. The van der Waals surface area contributed by atoms with Crippen LogP contribution >= 0.6 is 0 Å². The van der Waals surface area contributed by atoms with Crippen molar-refractivity contribution in [3.63, 3.8) is 0 Å². The van der Waals surface area contributed by atoms with Gasteiger partial charge in [0, 0.05) is 25.5 Å². The molecule has 0 bridgehead atoms. The first-order valence-electron chi connectivity index (χ1n) is 6.67. The summed E-state index contributed by atoms with van der Waals surface area (Å²) in [6.45, 7) is 0.568. The van der Waals surface area contributed by atoms with Crippen LogP contribution in [0.1, 0.15) is 0 Å². The molecule has 0 unspecified atom stereocenters. The number of hydrogen-bond donors (Lipinski definition) is 1. The number of rotatable bonds is 3. The van der Waals surface area contributed by atoms with Crippen LogP contribution in [-0.2, 0) is 9.59 Å². The predicted octanol–water partition coefficient (Wildman–Crippen LogP) is 1.69. The van der Waals surface area contributed by atoms with Gasteiger partial charge in [-0.15, -0.1) is 0 Å². The number of carbonyl (C=O) groups is 2. The summed E-state index contributed by atoms with van der Waals surface area (Å²) in [5, 5.41) is 3.07. The van der Waals surface area contributed by atoms with Crippen molar-refractivity contribution >= 4 is 17.5 Å². The summed E-state index contributed by atoms with van der Waals surface area (Å²) in [7, 11) is 1.49. The van der Waals surface area contributed by atoms with Gasteiger partial charge in [0.25, 0.3) is 11.8 Å². The van der Waals surface area contributed by atoms with Gasteiger partial charge in [0.1, 0.15) is 11.4 Å². The first-order valence-corrected chi connectivity index (χ1v) is 6.67. The van der Waals surface area contributed by atoms with E-state index in [1.54, 1.807) is 11.1 Å². The number of nitrogens with one attached hydrogen (secondary N) is 1. The molecule has 2 amide bonds. The number of anilines is 1. The lowest BCUT2D eigenvalue weighted by molar-refractivity contribution is -0.136. The lowest BCUT2D eigenvalue weighted by atomic mass is 10.2. The molecule has 2 aliphatic rings. The molecule has 0 spiro atoms. The van der Waals surface area contributed by atoms with Crippen molar-refractivity contribution in [2.45, 2.75) is 0 Å². The molecule has 0 fully saturated rings. The monoisotopic (exact) mass is 281 g/mol. The Bertz CT molecular complexity index is 674. The molecule has 21 heavy (non-hydrogen) atoms. The number of amides is 2. The lowest BCUT2D eigenvalue weighted by Crippen LogP contribution is -2.30. The number of likely N-dealkylation sites (N-methyl/N-ethyl adjacent to an activating group) is 1. The zero-order valence-corrected chi connectivity index (χ0v) is 11.6. The van der Waals surface area contributed by atoms with Crippen molar-refractivity contribution in [3.05, 3.63) is 66.2 Å². The number of allylic oxidation sites excluding steroid dienone is 2. The fourth-order valence-electron chi connectivity index (χ4n) is 2.31. The van der Waals surface area contributed by atoms with Crippen molar-refractivity contribution in [3.8, 4) is 0 Å². The average Bonchev–Trinajstić information content (AvgIpc) is 2.74. The van der Waals surface area contributed by atoms with Gasteiger partial charge in [0.2, 0.25) is 0 Å². The standard InChI is InChI=1S/C16H15N3O2/c1-18-15(20)13(17-12-8-4-2-5-9-12)14(16(18)21)19-10-6-3-7-11-19/h2-10,17H,11H2,1H3. The first-order chi connectivity index (χ1) is 10.2. The van der Waals surface area contributed by atoms with Crippen molar-refractivity contribution in [2.24, 2.45) is 0 Å². The highest BCUT2D eigenvalue weighted by Gasteiger charge is 2.38. The van der Waals surface area contributed by atoms with Gasteiger partial charge in [0.05, 0.1) is 0 Å². The highest BCUT2D eigenvalue weighted by Crippen LogP contribution is 2.25. The Labute approximate surface area is 122 Å². The summed E-state index contributed by atoms with van der Waals surface area (Å²) < 4.78 is 0. The fraction of sp³-hybridized carbons (Fsp3) is 0.125. The number of hydrogen-bond acceptors (Lipinski definition) is 4. The maximum Gasteiger partial charge on any atom is 0.279 e. The van der Waals surface area contributed by atoms with Crippen LogP contribution in [0, 0.1) is 0 Å². The van der Waals surface area contributed by atoms with Gasteiger partial charge >= 0.3 is 0 Å². The van der Waals surface area contributed by atoms with Crippen LogP contribution in [0.5, 0.6) is 0 Å². The van der Waals surface area contributed by atoms with E-state index < -0.39 is 0 Å². The smallest absolute Gasteiger partial charge is 0.279 e. The highest BCUT2D eigenvalue weighted by molar-refractivity contribution is 6.20. The largest absolute Gasteiger partial charge is 0.349 e. The second kappa shape index (κ2) is 5.28. The van der Waals surface area contributed by atoms with Crippen LogP contribution < -0.4 is 5.32 Å². The number of carbonyl (C=O) groups excluding carboxylic acids is 2. The molecule has 106 valence electrons. The van der Waals surface area contributed by atoms with Gasteiger partial charge in [-0.1, -0.05) is 30.4 Å². The van der Waals surface area contributed by atoms with Gasteiger partial charge < -0.3 is 10.2 Å². The Morgan fingerprint density at radius 2 is 1.81 bits per heavy atom. The molecule has 5 heteroatoms. The Morgan fingerprint density at radius 3 is 2.48 bits per heavy atom. The topological polar surface area (TPSA) is 52.7 Å². The van der Waals surface area contributed by atoms with Crippen molar-refractivity contribution in [1.82, 2.24) is 9.80 Å². The van der Waals surface area contributed by atoms with Gasteiger partial charge in [-0.05, 0) is 18.2 Å². The molecular formula is C16H15N3O2. The highest BCUT2D eigenvalue weighted by atomic mass is 16.2. The molecule has 2 heterocycles. The van der Waals surface area contributed by atoms with E-state index in [0.717, 1.165) is 10.6 Å². The van der Waals surface area contributed by atoms with Crippen LogP contribution in [-0.4, -0.2) is 35.2 Å². The number of imide groups is 1. The van der Waals surface area contributed by atoms with Crippen molar-refractivity contribution in [1.29, 1.82) is 0 Å². The van der Waals surface area contributed by atoms with Gasteiger partial charge in [-0.2, -0.15) is 0 Å². The summed E-state index contributed by atoms with van der Waals surface area (Å²) >= 11 is 0. The second-order valence-electron chi connectivity index (χ2n) is 4.81. The molecule has 0 radical (unpaired) electrons. The molecule has 0 aliphatic carbocycles. The number of para-hydroxylation sites is 1. The predicted molar refractivity (Wildman–Crippen MR) is 79.9 cm³/mol. The zero-order chi connectivity index (χ0) is 14.8. The SMILES string of the molecule is CN1C(=O)C(Nc2ccccc2)=C(N2C=CC=CC2)C1=O. The van der Waals surface area contributed by atoms with Crippen molar-refractivity contribution in [2.75, 3.05) is 18.9 Å². The van der Waals surface area contributed by atoms with Gasteiger partial charge in [0.15, 0.2) is 0 Å². The summed E-state index contributed by atoms with van der Waals surface area (Å²) in [4.78, 5) is 27.5. The van der Waals surface area contributed by atoms with Crippen molar-refractivity contribution < 1.29 is 9.59 Å². The molecule has 1 N–H and O–H groups in total. The minimum atomic E-state index is -0.318. The quantitative estimate of drug-likeness (QED) is 0.857. The average molecular weight is 281 g/mol. The lowest BCUT2D eigenvalue weighted by Gasteiger charge is -2.21. The third-order valence-corrected chi connectivity index (χ3v) is 3.41. The Hall–Kier alpha value is -2.82. The Kier molecular flexibility index (Phi) is 3.31. The minimum Gasteiger partial charge on any atom is -0.349 e. The fourth-order valence-corrected chi connectivity index (χ4v) is 2.31. The van der Waals surface area contributed by atoms with E-state index >= 15 is 0 Å². The summed E-state index contributed by atoms with van der Waals surface area (Å²) in [5.41, 5.74) is 1.47. The molecule has 0 aromatic heterocycles. The molecule has 5 nitrogen and oxygen atoms in total. The van der Waals surface area contributed by atoms with E-state index in [-0.39, 0.29) is 11.8 Å². The summed E-state index contributed by atoms with van der Waals surface area (Å²) in [5.74, 6) is -0.611. The summed E-state index contributed by atoms with van der Waals surface area (Å²) in [6, 6.07) is 9.35. The number of benzene rings is 1. The minimum absolute atomic E-state index is 0.293. The Balaban J connectivity index is 1.99. The van der Waals surface area contributed by atoms with Crippen LogP contribution in [0.3, 0.4) is 0 Å². The van der Waals surface area contributed by atoms with E-state index in [4.69, 9.17) is 0 Å². The molecule has 3 rings (SSSR count). The maximum atomic E-state index is 12.3. The molecule has 0 saturated heterocycles. The maximum absolute atomic E-state index is 12.3. The first kappa shape index (κ1) is 13.2. The van der Waals surface area contributed by atoms with Crippen LogP contribution in [0.2, 0.25) is 0 Å². The molecule has 0 saturated carbocycles. The molecular weight excluding hydrogens is 266 g/mol. The van der Waals surface area contributed by atoms with E-state index in [1.165, 1.54) is 7.05 Å². The molecule has 2 aliphatic heterocycles. The molecule has 0 atom stereocenters. The molecule has 1 aromatic carbocycles. The van der Waals surface area contributed by atoms with Gasteiger partial charge in [-0.3, -0.25) is 14.5 Å². The van der Waals surface area contributed by atoms with Crippen LogP contribution in [0.25, 0.3) is 0 Å². The van der Waals surface area contributed by atoms with Gasteiger partial charge in [-0.25, -0.2) is 0 Å². The normalized spacial score (nSPS) is 18.0. The Morgan fingerprint density at radius 1 is 1.05 bits per heavy atom. The zero-order valence-electron chi connectivity index (χ0n) is 11.6. The van der Waals surface area contributed by atoms with E-state index in [0.29, 0.717) is 17.9 Å². The van der Waals surface area contributed by atoms with Crippen LogP contribution in [0.4, 0.5) is 5.69 Å². The third kappa shape index (κ3) is 2.33. The molecule has 1 aromatic rings. The summed E-state index contributed by atoms with van der Waals surface area (Å²) in [6.07, 6.45) is 7.48.